The minimum atomic E-state index is -0.0770. The second kappa shape index (κ2) is 11.2. The lowest BCUT2D eigenvalue weighted by Gasteiger charge is -2.19. The molecule has 3 rings (SSSR count). The van der Waals surface area contributed by atoms with E-state index in [-0.39, 0.29) is 26.9 Å². The first-order valence-corrected chi connectivity index (χ1v) is 12.4. The number of nitrogens with one attached hydrogen (secondary N) is 2. The van der Waals surface area contributed by atoms with E-state index in [1.807, 2.05) is 18.2 Å². The molecular formula is C20H28N5O2PS2. The van der Waals surface area contributed by atoms with Crippen LogP contribution in [0.3, 0.4) is 0 Å². The topological polar surface area (TPSA) is 92.2 Å². The van der Waals surface area contributed by atoms with Crippen LogP contribution < -0.4 is 10.4 Å². The van der Waals surface area contributed by atoms with Crippen LogP contribution >= 0.6 is 32.1 Å². The minimum absolute atomic E-state index is 0.0432. The molecule has 0 aliphatic heterocycles. The molecule has 3 N–H and O–H groups in total. The molecule has 162 valence electrons. The monoisotopic (exact) mass is 465 g/mol. The Kier molecular flexibility index (Phi) is 8.65. The number of hydrogen-bond acceptors (Lipinski definition) is 9. The van der Waals surface area contributed by atoms with Crippen LogP contribution in [0.25, 0.3) is 10.3 Å². The zero-order valence-corrected chi connectivity index (χ0v) is 20.2. The summed E-state index contributed by atoms with van der Waals surface area (Å²) >= 11 is 3.08. The van der Waals surface area contributed by atoms with E-state index < -0.39 is 0 Å². The van der Waals surface area contributed by atoms with Crippen molar-refractivity contribution in [1.82, 2.24) is 15.0 Å². The molecule has 0 aliphatic carbocycles. The molecule has 7 nitrogen and oxygen atoms in total. The van der Waals surface area contributed by atoms with E-state index in [2.05, 4.69) is 48.3 Å². The van der Waals surface area contributed by atoms with E-state index in [4.69, 9.17) is 14.5 Å². The summed E-state index contributed by atoms with van der Waals surface area (Å²) < 4.78 is 5.99. The molecule has 0 fully saturated rings. The summed E-state index contributed by atoms with van der Waals surface area (Å²) in [5.74, 6) is 1.18. The van der Waals surface area contributed by atoms with Crippen molar-refractivity contribution in [1.29, 1.82) is 0 Å². The van der Waals surface area contributed by atoms with Gasteiger partial charge in [-0.3, -0.25) is 0 Å². The SMILES string of the molecule is COPNc1nc2nc(S[C@@H](C)c3ccccc3)nc(NC(CO)CC(C)C)c2s1. The minimum Gasteiger partial charge on any atom is -0.394 e. The van der Waals surface area contributed by atoms with Gasteiger partial charge in [0.25, 0.3) is 0 Å². The molecule has 30 heavy (non-hydrogen) atoms. The third-order valence-electron chi connectivity index (χ3n) is 4.36. The summed E-state index contributed by atoms with van der Waals surface area (Å²) in [6.45, 7) is 6.47. The number of fused-ring (bicyclic) bond motifs is 1. The number of anilines is 2. The molecule has 0 amide bonds. The maximum absolute atomic E-state index is 9.84. The van der Waals surface area contributed by atoms with E-state index in [1.165, 1.54) is 16.9 Å². The Morgan fingerprint density at radius 1 is 1.17 bits per heavy atom. The second-order valence-electron chi connectivity index (χ2n) is 7.28. The summed E-state index contributed by atoms with van der Waals surface area (Å²) in [4.78, 5) is 14.1. The summed E-state index contributed by atoms with van der Waals surface area (Å²) in [7, 11) is 1.77. The summed E-state index contributed by atoms with van der Waals surface area (Å²) in [6.07, 6.45) is 0.847. The lowest BCUT2D eigenvalue weighted by atomic mass is 10.0. The lowest BCUT2D eigenvalue weighted by Crippen LogP contribution is -2.26. The Hall–Kier alpha value is -1.51. The van der Waals surface area contributed by atoms with E-state index in [0.29, 0.717) is 22.5 Å². The van der Waals surface area contributed by atoms with E-state index in [9.17, 15) is 5.11 Å². The van der Waals surface area contributed by atoms with Crippen molar-refractivity contribution in [2.75, 3.05) is 24.1 Å². The maximum Gasteiger partial charge on any atom is 0.192 e. The first-order valence-electron chi connectivity index (χ1n) is 9.81. The molecule has 3 atom stereocenters. The van der Waals surface area contributed by atoms with Crippen LogP contribution in [0.5, 0.6) is 0 Å². The van der Waals surface area contributed by atoms with Crippen molar-refractivity contribution in [3.8, 4) is 0 Å². The third kappa shape index (κ3) is 6.25. The molecule has 0 saturated carbocycles. The summed E-state index contributed by atoms with van der Waals surface area (Å²) in [5, 5.41) is 18.0. The van der Waals surface area contributed by atoms with Crippen LogP contribution in [-0.4, -0.2) is 39.8 Å². The van der Waals surface area contributed by atoms with Gasteiger partial charge in [-0.2, -0.15) is 4.98 Å². The number of hydrogen-bond donors (Lipinski definition) is 3. The standard InChI is InChI=1S/C20H28N5O2PS2/c1-12(2)10-15(11-26)21-17-16-18(24-20(30-16)25-28-27-4)23-19(22-17)29-13(3)14-8-6-5-7-9-14/h5-9,12-13,15,26,28H,10-11H2,1-4H3,(H2,21,22,23,24,25)/t13-,15?/m0/s1. The van der Waals surface area contributed by atoms with Crippen LogP contribution in [0.1, 0.15) is 38.0 Å². The van der Waals surface area contributed by atoms with Gasteiger partial charge in [0.15, 0.2) is 21.8 Å². The van der Waals surface area contributed by atoms with Gasteiger partial charge in [-0.15, -0.1) is 0 Å². The van der Waals surface area contributed by atoms with E-state index >= 15 is 0 Å². The van der Waals surface area contributed by atoms with Crippen LogP contribution in [0.4, 0.5) is 10.9 Å². The Morgan fingerprint density at radius 3 is 2.60 bits per heavy atom. The van der Waals surface area contributed by atoms with Crippen molar-refractivity contribution in [2.24, 2.45) is 5.92 Å². The fourth-order valence-electron chi connectivity index (χ4n) is 2.99. The average Bonchev–Trinajstić information content (AvgIpc) is 3.15. The Bertz CT molecular complexity index is 942. The van der Waals surface area contributed by atoms with Crippen molar-refractivity contribution in [2.45, 2.75) is 43.6 Å². The van der Waals surface area contributed by atoms with Crippen molar-refractivity contribution in [3.63, 3.8) is 0 Å². The van der Waals surface area contributed by atoms with Gasteiger partial charge in [0.1, 0.15) is 13.7 Å². The third-order valence-corrected chi connectivity index (χ3v) is 7.07. The Labute approximate surface area is 187 Å². The summed E-state index contributed by atoms with van der Waals surface area (Å²) in [6, 6.07) is 10.2. The molecule has 2 aromatic heterocycles. The molecule has 0 bridgehead atoms. The van der Waals surface area contributed by atoms with Crippen molar-refractivity contribution in [3.05, 3.63) is 35.9 Å². The largest absolute Gasteiger partial charge is 0.394 e. The highest BCUT2D eigenvalue weighted by Crippen LogP contribution is 2.38. The van der Waals surface area contributed by atoms with Crippen LogP contribution in [-0.2, 0) is 4.52 Å². The number of aromatic nitrogens is 3. The number of benzene rings is 1. The molecule has 2 unspecified atom stereocenters. The zero-order chi connectivity index (χ0) is 21.5. The number of thioether (sulfide) groups is 1. The van der Waals surface area contributed by atoms with Gasteiger partial charge in [0.2, 0.25) is 0 Å². The highest BCUT2D eigenvalue weighted by atomic mass is 32.2. The molecule has 0 aliphatic rings. The van der Waals surface area contributed by atoms with Crippen LogP contribution in [0.2, 0.25) is 0 Å². The smallest absolute Gasteiger partial charge is 0.192 e. The number of rotatable bonds is 11. The highest BCUT2D eigenvalue weighted by Gasteiger charge is 2.19. The van der Waals surface area contributed by atoms with Crippen LogP contribution in [0, 0.1) is 5.92 Å². The van der Waals surface area contributed by atoms with E-state index in [1.54, 1.807) is 18.9 Å². The number of thiazole rings is 1. The van der Waals surface area contributed by atoms with Gasteiger partial charge in [-0.05, 0) is 24.8 Å². The second-order valence-corrected chi connectivity index (χ2v) is 10.5. The Morgan fingerprint density at radius 2 is 1.93 bits per heavy atom. The molecule has 1 aromatic carbocycles. The predicted molar refractivity (Wildman–Crippen MR) is 129 cm³/mol. The molecular weight excluding hydrogens is 437 g/mol. The van der Waals surface area contributed by atoms with Crippen LogP contribution in [0.15, 0.2) is 35.5 Å². The first kappa shape index (κ1) is 23.2. The van der Waals surface area contributed by atoms with Gasteiger partial charge in [-0.1, -0.05) is 67.3 Å². The number of aliphatic hydroxyl groups excluding tert-OH is 1. The molecule has 0 saturated heterocycles. The van der Waals surface area contributed by atoms with Gasteiger partial charge in [0.05, 0.1) is 12.6 Å². The number of nitrogens with zero attached hydrogens (tertiary/aromatic N) is 3. The van der Waals surface area contributed by atoms with Crippen molar-refractivity contribution >= 4 is 53.4 Å². The van der Waals surface area contributed by atoms with Gasteiger partial charge < -0.3 is 20.0 Å². The molecule has 10 heteroatoms. The molecule has 0 radical (unpaired) electrons. The Balaban J connectivity index is 1.92. The average molecular weight is 466 g/mol. The van der Waals surface area contributed by atoms with Crippen molar-refractivity contribution < 1.29 is 9.63 Å². The molecule has 2 heterocycles. The summed E-state index contributed by atoms with van der Waals surface area (Å²) in [5.41, 5.74) is 1.86. The maximum atomic E-state index is 9.84. The van der Waals surface area contributed by atoms with Gasteiger partial charge >= 0.3 is 0 Å². The molecule has 0 spiro atoms. The highest BCUT2D eigenvalue weighted by molar-refractivity contribution is 7.99. The quantitative estimate of drug-likeness (QED) is 0.199. The first-order chi connectivity index (χ1) is 14.5. The fourth-order valence-corrected chi connectivity index (χ4v) is 5.17. The fraction of sp³-hybridized carbons (Fsp3) is 0.450. The zero-order valence-electron chi connectivity index (χ0n) is 17.5. The number of aliphatic hydroxyl groups is 1. The normalized spacial score (nSPS) is 13.9. The molecule has 3 aromatic rings. The predicted octanol–water partition coefficient (Wildman–Crippen LogP) is 5.33. The van der Waals surface area contributed by atoms with E-state index in [0.717, 1.165) is 16.3 Å². The lowest BCUT2D eigenvalue weighted by molar-refractivity contribution is 0.259. The van der Waals surface area contributed by atoms with Gasteiger partial charge in [-0.25, -0.2) is 9.97 Å². The van der Waals surface area contributed by atoms with Gasteiger partial charge in [0, 0.05) is 12.4 Å².